The number of ketones is 2. The highest BCUT2D eigenvalue weighted by atomic mass is 16.6. The Labute approximate surface area is 274 Å². The maximum absolute atomic E-state index is 12.7. The molecule has 0 saturated heterocycles. The monoisotopic (exact) mass is 666 g/mol. The summed E-state index contributed by atoms with van der Waals surface area (Å²) < 4.78 is 21.0. The number of rotatable bonds is 16. The van der Waals surface area contributed by atoms with Crippen molar-refractivity contribution < 1.29 is 68.1 Å². The lowest BCUT2D eigenvalue weighted by Crippen LogP contribution is -2.31. The van der Waals surface area contributed by atoms with Gasteiger partial charge in [0.25, 0.3) is 0 Å². The molecule has 0 saturated carbocycles. The minimum absolute atomic E-state index is 0.186. The van der Waals surface area contributed by atoms with E-state index in [2.05, 4.69) is 0 Å². The highest BCUT2D eigenvalue weighted by Gasteiger charge is 2.28. The van der Waals surface area contributed by atoms with Crippen molar-refractivity contribution in [2.45, 2.75) is 38.9 Å². The molecule has 4 N–H and O–H groups in total. The largest absolute Gasteiger partial charge is 0.490 e. The summed E-state index contributed by atoms with van der Waals surface area (Å²) in [6, 6.07) is 13.0. The minimum atomic E-state index is -1.64. The Bertz CT molecular complexity index is 1560. The molecule has 0 aromatic heterocycles. The van der Waals surface area contributed by atoms with Gasteiger partial charge in [-0.3, -0.25) is 9.59 Å². The number of carbonyl (C=O) groups excluding carboxylic acids is 4. The van der Waals surface area contributed by atoms with E-state index < -0.39 is 68.9 Å². The Hall–Kier alpha value is -5.60. The standard InChI is InChI=1S/C34H34O14/c1-33(2,43)27(35)19-5-9-21(10-6-19)45-13-15-47-31(41)25-17-24(30(39)40)26(18-23(25)29(37)38)32(42)48-16-14-46-22-11-7-20(8-12-22)28(36)34(3,4)44/h5-12,17-18,43-44H,13-16H2,1-4H3,(H,37,38)(H,39,40). The van der Waals surface area contributed by atoms with Crippen LogP contribution in [-0.2, 0) is 9.47 Å². The summed E-state index contributed by atoms with van der Waals surface area (Å²) in [5, 5.41) is 39.1. The first kappa shape index (κ1) is 36.9. The molecule has 254 valence electrons. The second kappa shape index (κ2) is 15.3. The van der Waals surface area contributed by atoms with Gasteiger partial charge in [-0.15, -0.1) is 0 Å². The van der Waals surface area contributed by atoms with Crippen LogP contribution < -0.4 is 9.47 Å². The number of carbonyl (C=O) groups is 6. The van der Waals surface area contributed by atoms with Crippen LogP contribution in [0.4, 0.5) is 0 Å². The third kappa shape index (κ3) is 9.70. The predicted molar refractivity (Wildman–Crippen MR) is 166 cm³/mol. The van der Waals surface area contributed by atoms with Crippen molar-refractivity contribution in [3.63, 3.8) is 0 Å². The van der Waals surface area contributed by atoms with E-state index in [1.54, 1.807) is 0 Å². The molecular formula is C34H34O14. The number of aromatic carboxylic acids is 2. The van der Waals surface area contributed by atoms with Crippen LogP contribution in [0, 0.1) is 0 Å². The van der Waals surface area contributed by atoms with Gasteiger partial charge < -0.3 is 39.4 Å². The second-order valence-corrected chi connectivity index (χ2v) is 11.3. The van der Waals surface area contributed by atoms with Crippen LogP contribution in [0.2, 0.25) is 0 Å². The van der Waals surface area contributed by atoms with Gasteiger partial charge in [0.15, 0.2) is 11.6 Å². The van der Waals surface area contributed by atoms with Crippen LogP contribution in [0.15, 0.2) is 60.7 Å². The number of benzene rings is 3. The van der Waals surface area contributed by atoms with Crippen LogP contribution in [0.5, 0.6) is 11.5 Å². The molecule has 0 atom stereocenters. The minimum Gasteiger partial charge on any atom is -0.490 e. The lowest BCUT2D eigenvalue weighted by Gasteiger charge is -2.16. The third-order valence-electron chi connectivity index (χ3n) is 6.57. The van der Waals surface area contributed by atoms with Gasteiger partial charge in [0.1, 0.15) is 49.1 Å². The van der Waals surface area contributed by atoms with E-state index in [4.69, 9.17) is 18.9 Å². The molecule has 14 heteroatoms. The van der Waals surface area contributed by atoms with Gasteiger partial charge in [0, 0.05) is 11.1 Å². The number of aliphatic hydroxyl groups is 2. The van der Waals surface area contributed by atoms with Crippen molar-refractivity contribution in [2.24, 2.45) is 0 Å². The zero-order chi connectivity index (χ0) is 35.8. The average molecular weight is 667 g/mol. The molecular weight excluding hydrogens is 632 g/mol. The van der Waals surface area contributed by atoms with Crippen molar-refractivity contribution >= 4 is 35.4 Å². The molecule has 3 rings (SSSR count). The zero-order valence-electron chi connectivity index (χ0n) is 26.5. The molecule has 0 bridgehead atoms. The SMILES string of the molecule is CC(C)(O)C(=O)c1ccc(OCCOC(=O)c2cc(C(=O)O)c(C(=O)OCCOc3ccc(C(=O)C(C)(C)O)cc3)cc2C(=O)O)cc1. The average Bonchev–Trinajstić information content (AvgIpc) is 3.03. The first-order valence-corrected chi connectivity index (χ1v) is 14.4. The fraction of sp³-hybridized carbons (Fsp3) is 0.294. The summed E-state index contributed by atoms with van der Waals surface area (Å²) in [5.41, 5.74) is -5.27. The van der Waals surface area contributed by atoms with E-state index in [1.807, 2.05) is 0 Å². The van der Waals surface area contributed by atoms with Gasteiger partial charge in [0.05, 0.1) is 22.3 Å². The first-order valence-electron chi connectivity index (χ1n) is 14.4. The highest BCUT2D eigenvalue weighted by molar-refractivity contribution is 6.09. The quantitative estimate of drug-likeness (QED) is 0.0977. The Morgan fingerprint density at radius 2 is 0.833 bits per heavy atom. The van der Waals surface area contributed by atoms with Gasteiger partial charge in [-0.1, -0.05) is 0 Å². The molecule has 0 spiro atoms. The normalized spacial score (nSPS) is 11.3. The van der Waals surface area contributed by atoms with Gasteiger partial charge in [-0.25, -0.2) is 19.2 Å². The fourth-order valence-electron chi connectivity index (χ4n) is 4.15. The Kier molecular flexibility index (Phi) is 11.8. The van der Waals surface area contributed by atoms with Crippen LogP contribution in [0.25, 0.3) is 0 Å². The van der Waals surface area contributed by atoms with Crippen LogP contribution in [0.3, 0.4) is 0 Å². The Balaban J connectivity index is 1.61. The maximum Gasteiger partial charge on any atom is 0.339 e. The fourth-order valence-corrected chi connectivity index (χ4v) is 4.15. The summed E-state index contributed by atoms with van der Waals surface area (Å²) in [4.78, 5) is 73.6. The van der Waals surface area contributed by atoms with E-state index in [1.165, 1.54) is 76.2 Å². The number of carboxylic acid groups (broad SMARTS) is 2. The molecule has 3 aromatic carbocycles. The number of esters is 2. The van der Waals surface area contributed by atoms with Gasteiger partial charge in [-0.05, 0) is 88.4 Å². The maximum atomic E-state index is 12.7. The van der Waals surface area contributed by atoms with Crippen molar-refractivity contribution in [2.75, 3.05) is 26.4 Å². The number of hydrogen-bond acceptors (Lipinski definition) is 12. The Morgan fingerprint density at radius 1 is 0.521 bits per heavy atom. The Morgan fingerprint density at radius 3 is 1.10 bits per heavy atom. The van der Waals surface area contributed by atoms with E-state index in [0.717, 1.165) is 0 Å². The molecule has 48 heavy (non-hydrogen) atoms. The van der Waals surface area contributed by atoms with E-state index in [9.17, 15) is 49.2 Å². The van der Waals surface area contributed by atoms with Crippen molar-refractivity contribution in [1.29, 1.82) is 0 Å². The lowest BCUT2D eigenvalue weighted by atomic mass is 9.97. The summed E-state index contributed by atoms with van der Waals surface area (Å²) >= 11 is 0. The van der Waals surface area contributed by atoms with Crippen LogP contribution in [0.1, 0.15) is 89.8 Å². The smallest absolute Gasteiger partial charge is 0.339 e. The molecule has 3 aromatic rings. The number of Topliss-reactive ketones (excluding diaryl/α,β-unsaturated/α-hetero) is 2. The van der Waals surface area contributed by atoms with E-state index in [0.29, 0.717) is 23.6 Å². The molecule has 0 aliphatic heterocycles. The van der Waals surface area contributed by atoms with Crippen molar-refractivity contribution in [3.05, 3.63) is 94.0 Å². The van der Waals surface area contributed by atoms with E-state index in [-0.39, 0.29) is 37.6 Å². The summed E-state index contributed by atoms with van der Waals surface area (Å²) in [7, 11) is 0. The van der Waals surface area contributed by atoms with Gasteiger partial charge in [-0.2, -0.15) is 0 Å². The van der Waals surface area contributed by atoms with Crippen LogP contribution in [-0.4, -0.2) is 93.5 Å². The third-order valence-corrected chi connectivity index (χ3v) is 6.57. The van der Waals surface area contributed by atoms with Crippen molar-refractivity contribution in [3.8, 4) is 11.5 Å². The second-order valence-electron chi connectivity index (χ2n) is 11.3. The summed E-state index contributed by atoms with van der Waals surface area (Å²) in [6.45, 7) is 4.32. The molecule has 0 radical (unpaired) electrons. The topological polar surface area (TPSA) is 220 Å². The molecule has 0 unspecified atom stereocenters. The zero-order valence-corrected chi connectivity index (χ0v) is 26.5. The molecule has 0 amide bonds. The molecule has 0 heterocycles. The predicted octanol–water partition coefficient (Wildman–Crippen LogP) is 3.46. The number of carboxylic acids is 2. The molecule has 0 aliphatic carbocycles. The van der Waals surface area contributed by atoms with Crippen molar-refractivity contribution in [1.82, 2.24) is 0 Å². The lowest BCUT2D eigenvalue weighted by molar-refractivity contribution is 0.0429. The summed E-state index contributed by atoms with van der Waals surface area (Å²) in [5.74, 6) is -6.02. The first-order chi connectivity index (χ1) is 22.4. The van der Waals surface area contributed by atoms with Gasteiger partial charge >= 0.3 is 23.9 Å². The number of hydrogen-bond donors (Lipinski definition) is 4. The summed E-state index contributed by atoms with van der Waals surface area (Å²) in [6.07, 6.45) is 0. The van der Waals surface area contributed by atoms with Gasteiger partial charge in [0.2, 0.25) is 0 Å². The molecule has 14 nitrogen and oxygen atoms in total. The van der Waals surface area contributed by atoms with E-state index >= 15 is 0 Å². The molecule has 0 aliphatic rings. The number of ether oxygens (including phenoxy) is 4. The molecule has 0 fully saturated rings. The van der Waals surface area contributed by atoms with Crippen LogP contribution >= 0.6 is 0 Å². The highest BCUT2D eigenvalue weighted by Crippen LogP contribution is 2.22.